The number of rotatable bonds is 6. The molecule has 2 rings (SSSR count). The van der Waals surface area contributed by atoms with Crippen LogP contribution in [0.1, 0.15) is 12.5 Å². The van der Waals surface area contributed by atoms with Crippen LogP contribution < -0.4 is 20.1 Å². The first-order valence-electron chi connectivity index (χ1n) is 7.54. The van der Waals surface area contributed by atoms with Crippen molar-refractivity contribution < 1.29 is 9.47 Å². The van der Waals surface area contributed by atoms with E-state index in [-0.39, 0.29) is 24.0 Å². The zero-order valence-corrected chi connectivity index (χ0v) is 16.8. The van der Waals surface area contributed by atoms with Gasteiger partial charge >= 0.3 is 0 Å². The number of anilines is 1. The standard InChI is InChI=1S/C17H24N4O2.HI/c1-5-18-17(19-11-13-8-9-21(2)12-13)20-14-6-7-15(22-3)16(10-14)23-4;/h6-10,12H,5,11H2,1-4H3,(H2,18,19,20);1H. The van der Waals surface area contributed by atoms with E-state index in [0.29, 0.717) is 18.0 Å². The second-order valence-corrected chi connectivity index (χ2v) is 5.08. The molecule has 0 fully saturated rings. The average molecular weight is 444 g/mol. The fourth-order valence-corrected chi connectivity index (χ4v) is 2.18. The van der Waals surface area contributed by atoms with Crippen molar-refractivity contribution >= 4 is 35.6 Å². The molecule has 6 nitrogen and oxygen atoms in total. The van der Waals surface area contributed by atoms with Crippen LogP contribution in [0.4, 0.5) is 5.69 Å². The minimum atomic E-state index is 0. The summed E-state index contributed by atoms with van der Waals surface area (Å²) in [6.07, 6.45) is 4.07. The summed E-state index contributed by atoms with van der Waals surface area (Å²) in [5, 5.41) is 6.51. The lowest BCUT2D eigenvalue weighted by Crippen LogP contribution is -2.30. The lowest BCUT2D eigenvalue weighted by atomic mass is 10.2. The molecular weight excluding hydrogens is 419 g/mol. The highest BCUT2D eigenvalue weighted by atomic mass is 127. The summed E-state index contributed by atoms with van der Waals surface area (Å²) in [7, 11) is 5.24. The number of guanidine groups is 1. The summed E-state index contributed by atoms with van der Waals surface area (Å²) in [6, 6.07) is 7.73. The van der Waals surface area contributed by atoms with Crippen LogP contribution in [-0.4, -0.2) is 31.3 Å². The Balaban J connectivity index is 0.00000288. The average Bonchev–Trinajstić information content (AvgIpc) is 2.98. The molecule has 0 spiro atoms. The Morgan fingerprint density at radius 1 is 1.17 bits per heavy atom. The van der Waals surface area contributed by atoms with Crippen molar-refractivity contribution in [2.24, 2.45) is 12.0 Å². The van der Waals surface area contributed by atoms with E-state index >= 15 is 0 Å². The van der Waals surface area contributed by atoms with Crippen molar-refractivity contribution in [1.82, 2.24) is 9.88 Å². The summed E-state index contributed by atoms with van der Waals surface area (Å²) >= 11 is 0. The van der Waals surface area contributed by atoms with Gasteiger partial charge in [-0.3, -0.25) is 0 Å². The molecule has 0 saturated heterocycles. The predicted octanol–water partition coefficient (Wildman–Crippen LogP) is 3.24. The van der Waals surface area contributed by atoms with Gasteiger partial charge in [-0.15, -0.1) is 24.0 Å². The van der Waals surface area contributed by atoms with Crippen molar-refractivity contribution in [2.75, 3.05) is 26.1 Å². The molecule has 7 heteroatoms. The second-order valence-electron chi connectivity index (χ2n) is 5.08. The van der Waals surface area contributed by atoms with Gasteiger partial charge in [0.1, 0.15) is 0 Å². The predicted molar refractivity (Wildman–Crippen MR) is 109 cm³/mol. The first-order valence-corrected chi connectivity index (χ1v) is 7.54. The van der Waals surface area contributed by atoms with E-state index in [1.165, 1.54) is 0 Å². The fraction of sp³-hybridized carbons (Fsp3) is 0.353. The van der Waals surface area contributed by atoms with Crippen LogP contribution in [0.3, 0.4) is 0 Å². The van der Waals surface area contributed by atoms with Crippen LogP contribution in [-0.2, 0) is 13.6 Å². The molecule has 1 aromatic heterocycles. The van der Waals surface area contributed by atoms with Gasteiger partial charge in [0.2, 0.25) is 0 Å². The highest BCUT2D eigenvalue weighted by molar-refractivity contribution is 14.0. The molecule has 1 heterocycles. The SMILES string of the molecule is CCNC(=NCc1ccn(C)c1)Nc1ccc(OC)c(OC)c1.I. The fourth-order valence-electron chi connectivity index (χ4n) is 2.18. The maximum atomic E-state index is 5.32. The lowest BCUT2D eigenvalue weighted by Gasteiger charge is -2.13. The van der Waals surface area contributed by atoms with Gasteiger partial charge in [0.15, 0.2) is 17.5 Å². The highest BCUT2D eigenvalue weighted by Gasteiger charge is 2.06. The third-order valence-corrected chi connectivity index (χ3v) is 3.30. The summed E-state index contributed by atoms with van der Waals surface area (Å²) in [4.78, 5) is 4.60. The van der Waals surface area contributed by atoms with Crippen LogP contribution in [0.5, 0.6) is 11.5 Å². The zero-order chi connectivity index (χ0) is 16.7. The van der Waals surface area contributed by atoms with Crippen LogP contribution in [0.2, 0.25) is 0 Å². The molecule has 2 N–H and O–H groups in total. The summed E-state index contributed by atoms with van der Waals surface area (Å²) in [5.41, 5.74) is 2.05. The van der Waals surface area contributed by atoms with E-state index < -0.39 is 0 Å². The maximum absolute atomic E-state index is 5.32. The topological polar surface area (TPSA) is 59.8 Å². The van der Waals surface area contributed by atoms with Crippen molar-refractivity contribution in [3.8, 4) is 11.5 Å². The summed E-state index contributed by atoms with van der Waals surface area (Å²) in [5.74, 6) is 2.10. The van der Waals surface area contributed by atoms with Gasteiger partial charge < -0.3 is 24.7 Å². The number of nitrogens with one attached hydrogen (secondary N) is 2. The number of hydrogen-bond donors (Lipinski definition) is 2. The Kier molecular flexibility index (Phi) is 8.45. The number of methoxy groups -OCH3 is 2. The van der Waals surface area contributed by atoms with Crippen molar-refractivity contribution in [2.45, 2.75) is 13.5 Å². The molecule has 2 aromatic rings. The number of ether oxygens (including phenoxy) is 2. The number of benzene rings is 1. The molecule has 1 aromatic carbocycles. The van der Waals surface area contributed by atoms with E-state index in [1.54, 1.807) is 14.2 Å². The van der Waals surface area contributed by atoms with Crippen LogP contribution in [0.15, 0.2) is 41.7 Å². The molecule has 0 saturated carbocycles. The van der Waals surface area contributed by atoms with Crippen LogP contribution in [0, 0.1) is 0 Å². The maximum Gasteiger partial charge on any atom is 0.196 e. The first kappa shape index (κ1) is 20.1. The van der Waals surface area contributed by atoms with Gasteiger partial charge in [0.25, 0.3) is 0 Å². The van der Waals surface area contributed by atoms with Gasteiger partial charge in [0, 0.05) is 37.7 Å². The van der Waals surface area contributed by atoms with E-state index in [2.05, 4.69) is 27.9 Å². The molecule has 0 aliphatic rings. The number of aromatic nitrogens is 1. The third kappa shape index (κ3) is 5.63. The van der Waals surface area contributed by atoms with Gasteiger partial charge in [0.05, 0.1) is 20.8 Å². The molecule has 132 valence electrons. The number of aryl methyl sites for hydroxylation is 1. The Morgan fingerprint density at radius 2 is 1.92 bits per heavy atom. The van der Waals surface area contributed by atoms with E-state index in [0.717, 1.165) is 23.8 Å². The number of aliphatic imine (C=N–C) groups is 1. The monoisotopic (exact) mass is 444 g/mol. The minimum Gasteiger partial charge on any atom is -0.493 e. The second kappa shape index (κ2) is 10.1. The third-order valence-electron chi connectivity index (χ3n) is 3.30. The quantitative estimate of drug-likeness (QED) is 0.408. The number of hydrogen-bond acceptors (Lipinski definition) is 3. The zero-order valence-electron chi connectivity index (χ0n) is 14.5. The Bertz CT molecular complexity index is 670. The Labute approximate surface area is 160 Å². The molecule has 0 aliphatic heterocycles. The number of nitrogens with zero attached hydrogens (tertiary/aromatic N) is 2. The molecule has 24 heavy (non-hydrogen) atoms. The molecular formula is C17H25IN4O2. The normalized spacial score (nSPS) is 10.8. The van der Waals surface area contributed by atoms with Crippen LogP contribution in [0.25, 0.3) is 0 Å². The van der Waals surface area contributed by atoms with Gasteiger partial charge in [-0.1, -0.05) is 0 Å². The smallest absolute Gasteiger partial charge is 0.196 e. The molecule has 0 bridgehead atoms. The van der Waals surface area contributed by atoms with Gasteiger partial charge in [-0.05, 0) is 30.7 Å². The van der Waals surface area contributed by atoms with Crippen LogP contribution >= 0.6 is 24.0 Å². The molecule has 0 unspecified atom stereocenters. The molecule has 0 radical (unpaired) electrons. The van der Waals surface area contributed by atoms with Crippen molar-refractivity contribution in [3.05, 3.63) is 42.2 Å². The van der Waals surface area contributed by atoms with Crippen molar-refractivity contribution in [1.29, 1.82) is 0 Å². The minimum absolute atomic E-state index is 0. The molecule has 0 amide bonds. The first-order chi connectivity index (χ1) is 11.2. The lowest BCUT2D eigenvalue weighted by molar-refractivity contribution is 0.355. The van der Waals surface area contributed by atoms with E-state index in [9.17, 15) is 0 Å². The largest absolute Gasteiger partial charge is 0.493 e. The van der Waals surface area contributed by atoms with Gasteiger partial charge in [-0.2, -0.15) is 0 Å². The Hall–Kier alpha value is -1.90. The highest BCUT2D eigenvalue weighted by Crippen LogP contribution is 2.29. The number of halogens is 1. The van der Waals surface area contributed by atoms with E-state index in [1.807, 2.05) is 42.9 Å². The molecule has 0 aliphatic carbocycles. The molecule has 0 atom stereocenters. The summed E-state index contributed by atoms with van der Waals surface area (Å²) < 4.78 is 12.6. The van der Waals surface area contributed by atoms with E-state index in [4.69, 9.17) is 9.47 Å². The summed E-state index contributed by atoms with van der Waals surface area (Å²) in [6.45, 7) is 3.44. The van der Waals surface area contributed by atoms with Gasteiger partial charge in [-0.25, -0.2) is 4.99 Å². The Morgan fingerprint density at radius 3 is 2.50 bits per heavy atom. The van der Waals surface area contributed by atoms with Crippen molar-refractivity contribution in [3.63, 3.8) is 0 Å².